The fourth-order valence-electron chi connectivity index (χ4n) is 1.07. The Kier molecular flexibility index (Phi) is 2.50. The molecule has 1 amide bonds. The van der Waals surface area contributed by atoms with Crippen molar-refractivity contribution < 1.29 is 14.7 Å². The van der Waals surface area contributed by atoms with E-state index in [2.05, 4.69) is 20.3 Å². The van der Waals surface area contributed by atoms with Crippen molar-refractivity contribution in [2.24, 2.45) is 15.0 Å². The number of hydrogen-bond donors (Lipinski definition) is 2. The number of hydrogen-bond acceptors (Lipinski definition) is 6. The molecule has 15 heavy (non-hydrogen) atoms. The van der Waals surface area contributed by atoms with Crippen molar-refractivity contribution in [3.05, 3.63) is 0 Å². The van der Waals surface area contributed by atoms with Gasteiger partial charge in [0.25, 0.3) is 5.91 Å². The van der Waals surface area contributed by atoms with Crippen molar-refractivity contribution in [3.8, 4) is 0 Å². The summed E-state index contributed by atoms with van der Waals surface area (Å²) in [5.41, 5.74) is 0. The van der Waals surface area contributed by atoms with Crippen molar-refractivity contribution in [1.29, 1.82) is 0 Å². The summed E-state index contributed by atoms with van der Waals surface area (Å²) in [6, 6.07) is -0.716. The molecule has 2 aliphatic rings. The predicted octanol–water partition coefficient (Wildman–Crippen LogP) is -0.901. The Hall–Kier alpha value is -1.70. The van der Waals surface area contributed by atoms with Gasteiger partial charge in [-0.2, -0.15) is 0 Å². The average Bonchev–Trinajstić information content (AvgIpc) is 2.59. The number of thioether (sulfide) groups is 1. The van der Waals surface area contributed by atoms with Crippen molar-refractivity contribution in [2.75, 3.05) is 5.75 Å². The highest BCUT2D eigenvalue weighted by molar-refractivity contribution is 8.14. The lowest BCUT2D eigenvalue weighted by atomic mass is 10.2. The molecule has 2 rings (SSSR count). The summed E-state index contributed by atoms with van der Waals surface area (Å²) in [5.74, 6) is -1.07. The van der Waals surface area contributed by atoms with E-state index in [0.717, 1.165) is 11.8 Å². The van der Waals surface area contributed by atoms with Crippen molar-refractivity contribution >= 4 is 41.0 Å². The van der Waals surface area contributed by atoms with Gasteiger partial charge in [0.05, 0.1) is 12.1 Å². The number of aliphatic carboxylic acids is 1. The highest BCUT2D eigenvalue weighted by atomic mass is 32.2. The second-order valence-electron chi connectivity index (χ2n) is 2.73. The maximum Gasteiger partial charge on any atom is 0.313 e. The second-order valence-corrected chi connectivity index (χ2v) is 3.68. The maximum atomic E-state index is 11.2. The van der Waals surface area contributed by atoms with E-state index in [1.807, 2.05) is 0 Å². The number of carboxylic acid groups (broad SMARTS) is 1. The van der Waals surface area contributed by atoms with Gasteiger partial charge < -0.3 is 10.4 Å². The van der Waals surface area contributed by atoms with Crippen LogP contribution in [-0.4, -0.2) is 46.1 Å². The SMILES string of the molecule is O=C(O)CSC1=NC2C(=O)NC=NC2=N1. The maximum absolute atomic E-state index is 11.2. The highest BCUT2D eigenvalue weighted by Gasteiger charge is 2.31. The fraction of sp³-hybridized carbons (Fsp3) is 0.286. The zero-order valence-electron chi connectivity index (χ0n) is 7.38. The normalized spacial score (nSPS) is 22.9. The van der Waals surface area contributed by atoms with Crippen LogP contribution in [-0.2, 0) is 9.59 Å². The van der Waals surface area contributed by atoms with Gasteiger partial charge in [0.1, 0.15) is 0 Å². The van der Waals surface area contributed by atoms with Crippen LogP contribution in [0.3, 0.4) is 0 Å². The molecule has 1 unspecified atom stereocenters. The van der Waals surface area contributed by atoms with E-state index in [9.17, 15) is 9.59 Å². The summed E-state index contributed by atoms with van der Waals surface area (Å²) in [5, 5.41) is 11.1. The van der Waals surface area contributed by atoms with Gasteiger partial charge in [-0.1, -0.05) is 11.8 Å². The average molecular weight is 226 g/mol. The number of amides is 1. The molecule has 2 N–H and O–H groups in total. The van der Waals surface area contributed by atoms with Gasteiger partial charge in [-0.05, 0) is 0 Å². The number of aliphatic imine (C=N–C) groups is 3. The monoisotopic (exact) mass is 226 g/mol. The van der Waals surface area contributed by atoms with Crippen LogP contribution < -0.4 is 5.32 Å². The van der Waals surface area contributed by atoms with E-state index in [4.69, 9.17) is 5.11 Å². The van der Waals surface area contributed by atoms with Gasteiger partial charge in [-0.15, -0.1) is 0 Å². The molecule has 0 saturated heterocycles. The molecular formula is C7H6N4O3S. The molecule has 2 aliphatic heterocycles. The number of carbonyl (C=O) groups is 2. The topological polar surface area (TPSA) is 103 Å². The second kappa shape index (κ2) is 3.81. The van der Waals surface area contributed by atoms with Crippen LogP contribution in [0.1, 0.15) is 0 Å². The van der Waals surface area contributed by atoms with E-state index < -0.39 is 12.0 Å². The fourth-order valence-corrected chi connectivity index (χ4v) is 1.66. The number of rotatable bonds is 2. The Bertz CT molecular complexity index is 414. The van der Waals surface area contributed by atoms with Crippen molar-refractivity contribution in [3.63, 3.8) is 0 Å². The van der Waals surface area contributed by atoms with Crippen LogP contribution in [0.25, 0.3) is 0 Å². The molecule has 0 aromatic carbocycles. The molecule has 0 saturated carbocycles. The van der Waals surface area contributed by atoms with Gasteiger partial charge in [0.15, 0.2) is 17.0 Å². The lowest BCUT2D eigenvalue weighted by molar-refractivity contribution is -0.133. The highest BCUT2D eigenvalue weighted by Crippen LogP contribution is 2.17. The number of nitrogens with one attached hydrogen (secondary N) is 1. The minimum absolute atomic E-state index is 0.131. The minimum atomic E-state index is -0.953. The Labute approximate surface area is 88.4 Å². The summed E-state index contributed by atoms with van der Waals surface area (Å²) in [6.45, 7) is 0. The van der Waals surface area contributed by atoms with Crippen LogP contribution in [0.2, 0.25) is 0 Å². The molecule has 0 fully saturated rings. The smallest absolute Gasteiger partial charge is 0.313 e. The number of amidine groups is 2. The van der Waals surface area contributed by atoms with E-state index >= 15 is 0 Å². The molecule has 7 nitrogen and oxygen atoms in total. The number of fused-ring (bicyclic) bond motifs is 1. The zero-order chi connectivity index (χ0) is 10.8. The summed E-state index contributed by atoms with van der Waals surface area (Å²) in [6.07, 6.45) is 1.25. The molecule has 1 atom stereocenters. The van der Waals surface area contributed by atoms with Crippen LogP contribution in [0, 0.1) is 0 Å². The predicted molar refractivity (Wildman–Crippen MR) is 55.4 cm³/mol. The summed E-state index contributed by atoms with van der Waals surface area (Å²) >= 11 is 0.969. The number of nitrogens with zero attached hydrogens (tertiary/aromatic N) is 3. The molecule has 0 aromatic rings. The van der Waals surface area contributed by atoms with Crippen LogP contribution >= 0.6 is 11.8 Å². The molecule has 2 heterocycles. The van der Waals surface area contributed by atoms with Gasteiger partial charge in [0.2, 0.25) is 0 Å². The lowest BCUT2D eigenvalue weighted by Gasteiger charge is -2.09. The van der Waals surface area contributed by atoms with E-state index in [0.29, 0.717) is 5.84 Å². The van der Waals surface area contributed by atoms with E-state index in [1.165, 1.54) is 6.34 Å². The molecule has 0 bridgehead atoms. The molecular weight excluding hydrogens is 220 g/mol. The third-order valence-corrected chi connectivity index (χ3v) is 2.52. The molecule has 8 heteroatoms. The first-order valence-corrected chi connectivity index (χ1v) is 4.99. The standard InChI is InChI=1S/C7H6N4O3S/c12-3(13)1-15-7-10-4-5(11-7)8-2-9-6(4)14/h2,4H,1H2,(H,12,13)(H,8,9,10,11,14). The Morgan fingerprint density at radius 2 is 2.47 bits per heavy atom. The van der Waals surface area contributed by atoms with Gasteiger partial charge in [0, 0.05) is 0 Å². The molecule has 0 radical (unpaired) electrons. The van der Waals surface area contributed by atoms with E-state index in [1.54, 1.807) is 0 Å². The summed E-state index contributed by atoms with van der Waals surface area (Å²) in [7, 11) is 0. The Morgan fingerprint density at radius 3 is 3.13 bits per heavy atom. The molecule has 78 valence electrons. The quantitative estimate of drug-likeness (QED) is 0.636. The van der Waals surface area contributed by atoms with E-state index in [-0.39, 0.29) is 16.8 Å². The first kappa shape index (κ1) is 9.84. The first-order chi connectivity index (χ1) is 7.16. The third-order valence-electron chi connectivity index (χ3n) is 1.67. The van der Waals surface area contributed by atoms with Crippen molar-refractivity contribution in [1.82, 2.24) is 5.32 Å². The first-order valence-electron chi connectivity index (χ1n) is 4.01. The lowest BCUT2D eigenvalue weighted by Crippen LogP contribution is -2.40. The van der Waals surface area contributed by atoms with Crippen LogP contribution in [0.15, 0.2) is 15.0 Å². The third kappa shape index (κ3) is 2.04. The summed E-state index contributed by atoms with van der Waals surface area (Å²) < 4.78 is 0. The van der Waals surface area contributed by atoms with Gasteiger partial charge in [-0.3, -0.25) is 9.59 Å². The Morgan fingerprint density at radius 1 is 1.67 bits per heavy atom. The zero-order valence-corrected chi connectivity index (χ0v) is 8.19. The van der Waals surface area contributed by atoms with Crippen LogP contribution in [0.4, 0.5) is 0 Å². The summed E-state index contributed by atoms with van der Waals surface area (Å²) in [4.78, 5) is 33.3. The van der Waals surface area contributed by atoms with Gasteiger partial charge in [-0.25, -0.2) is 15.0 Å². The minimum Gasteiger partial charge on any atom is -0.481 e. The number of carboxylic acids is 1. The molecule has 0 aliphatic carbocycles. The number of carbonyl (C=O) groups excluding carboxylic acids is 1. The van der Waals surface area contributed by atoms with Crippen molar-refractivity contribution in [2.45, 2.75) is 6.04 Å². The van der Waals surface area contributed by atoms with Gasteiger partial charge >= 0.3 is 5.97 Å². The molecule has 0 aromatic heterocycles. The molecule has 0 spiro atoms. The largest absolute Gasteiger partial charge is 0.481 e. The van der Waals surface area contributed by atoms with Crippen LogP contribution in [0.5, 0.6) is 0 Å². The Balaban J connectivity index is 2.08.